The van der Waals surface area contributed by atoms with Gasteiger partial charge in [0.05, 0.1) is 15.6 Å². The maximum absolute atomic E-state index is 12.0. The molecule has 112 valence electrons. The summed E-state index contributed by atoms with van der Waals surface area (Å²) in [6.45, 7) is 0. The zero-order valence-corrected chi connectivity index (χ0v) is 13.8. The molecule has 4 nitrogen and oxygen atoms in total. The molecule has 0 spiro atoms. The average molecular weight is 352 g/mol. The van der Waals surface area contributed by atoms with Gasteiger partial charge >= 0.3 is 0 Å². The summed E-state index contributed by atoms with van der Waals surface area (Å²) in [5.74, 6) is -0.178. The molecular weight excluding hydrogens is 341 g/mol. The van der Waals surface area contributed by atoms with E-state index in [2.05, 4.69) is 10.3 Å². The highest BCUT2D eigenvalue weighted by Gasteiger charge is 2.24. The van der Waals surface area contributed by atoms with Crippen molar-refractivity contribution in [2.24, 2.45) is 12.0 Å². The highest BCUT2D eigenvalue weighted by atomic mass is 35.5. The fraction of sp³-hybridized carbons (Fsp3) is 0.0667. The zero-order valence-electron chi connectivity index (χ0n) is 11.5. The monoisotopic (exact) mass is 351 g/mol. The number of hydrogen-bond acceptors (Lipinski definition) is 3. The van der Waals surface area contributed by atoms with Gasteiger partial charge in [-0.3, -0.25) is 4.79 Å². The second-order valence-electron chi connectivity index (χ2n) is 4.62. The number of aliphatic imine (C=N–C) groups is 1. The standard InChI is InChI=1S/C15H11Cl2N3OS/c1-20-6-2-3-10(20)8-13-14(21)19-15(22-13)18-12-7-9(16)4-5-11(12)17/h2-8H,1H3,(H,18,19,21)/b13-8+. The number of benzene rings is 1. The summed E-state index contributed by atoms with van der Waals surface area (Å²) >= 11 is 13.3. The number of amides is 1. The quantitative estimate of drug-likeness (QED) is 0.823. The second-order valence-corrected chi connectivity index (χ2v) is 6.50. The van der Waals surface area contributed by atoms with Gasteiger partial charge in [-0.25, -0.2) is 4.99 Å². The van der Waals surface area contributed by atoms with Crippen molar-refractivity contribution in [2.75, 3.05) is 0 Å². The van der Waals surface area contributed by atoms with Crippen LogP contribution in [-0.2, 0) is 11.8 Å². The van der Waals surface area contributed by atoms with Crippen molar-refractivity contribution in [1.29, 1.82) is 0 Å². The zero-order chi connectivity index (χ0) is 15.7. The predicted molar refractivity (Wildman–Crippen MR) is 92.7 cm³/mol. The van der Waals surface area contributed by atoms with E-state index in [4.69, 9.17) is 23.2 Å². The molecule has 1 amide bonds. The van der Waals surface area contributed by atoms with Gasteiger partial charge in [-0.05, 0) is 48.2 Å². The summed E-state index contributed by atoms with van der Waals surface area (Å²) in [6, 6.07) is 8.87. The molecule has 2 heterocycles. The largest absolute Gasteiger partial charge is 0.351 e. The molecule has 2 aromatic rings. The number of hydrogen-bond donors (Lipinski definition) is 1. The van der Waals surface area contributed by atoms with Crippen LogP contribution in [0.2, 0.25) is 10.0 Å². The molecule has 1 aliphatic rings. The van der Waals surface area contributed by atoms with E-state index in [9.17, 15) is 4.79 Å². The van der Waals surface area contributed by atoms with Crippen LogP contribution in [-0.4, -0.2) is 15.6 Å². The van der Waals surface area contributed by atoms with E-state index in [0.29, 0.717) is 25.8 Å². The van der Waals surface area contributed by atoms with Crippen molar-refractivity contribution in [3.8, 4) is 0 Å². The van der Waals surface area contributed by atoms with Crippen LogP contribution in [0.15, 0.2) is 46.4 Å². The molecule has 0 saturated carbocycles. The number of aryl methyl sites for hydroxylation is 1. The van der Waals surface area contributed by atoms with Gasteiger partial charge in [0.15, 0.2) is 5.17 Å². The number of aromatic nitrogens is 1. The number of nitrogens with one attached hydrogen (secondary N) is 1. The van der Waals surface area contributed by atoms with Gasteiger partial charge in [0.2, 0.25) is 0 Å². The van der Waals surface area contributed by atoms with Crippen molar-refractivity contribution < 1.29 is 4.79 Å². The lowest BCUT2D eigenvalue weighted by Crippen LogP contribution is -2.19. The molecule has 0 atom stereocenters. The van der Waals surface area contributed by atoms with E-state index in [0.717, 1.165) is 5.69 Å². The molecule has 1 fully saturated rings. The highest BCUT2D eigenvalue weighted by molar-refractivity contribution is 8.18. The van der Waals surface area contributed by atoms with Crippen molar-refractivity contribution in [3.05, 3.63) is 57.2 Å². The van der Waals surface area contributed by atoms with Gasteiger partial charge in [0.25, 0.3) is 5.91 Å². The molecule has 0 aliphatic carbocycles. The minimum Gasteiger partial charge on any atom is -0.351 e. The minimum atomic E-state index is -0.178. The lowest BCUT2D eigenvalue weighted by atomic mass is 10.3. The summed E-state index contributed by atoms with van der Waals surface area (Å²) in [5.41, 5.74) is 1.47. The molecule has 1 N–H and O–H groups in total. The first-order valence-electron chi connectivity index (χ1n) is 6.39. The summed E-state index contributed by atoms with van der Waals surface area (Å²) in [5, 5.41) is 4.22. The fourth-order valence-corrected chi connectivity index (χ4v) is 3.07. The van der Waals surface area contributed by atoms with Crippen molar-refractivity contribution in [2.45, 2.75) is 0 Å². The highest BCUT2D eigenvalue weighted by Crippen LogP contribution is 2.32. The Labute approximate surface area is 141 Å². The maximum Gasteiger partial charge on any atom is 0.264 e. The van der Waals surface area contributed by atoms with Crippen molar-refractivity contribution >= 4 is 57.8 Å². The molecule has 22 heavy (non-hydrogen) atoms. The van der Waals surface area contributed by atoms with Crippen LogP contribution in [0.5, 0.6) is 0 Å². The number of thioether (sulfide) groups is 1. The second kappa shape index (κ2) is 6.20. The fourth-order valence-electron chi connectivity index (χ4n) is 1.92. The summed E-state index contributed by atoms with van der Waals surface area (Å²) in [7, 11) is 1.92. The number of halogens is 2. The number of rotatable bonds is 2. The SMILES string of the molecule is Cn1cccc1/C=C1/SC(=Nc2cc(Cl)ccc2Cl)NC1=O. The molecule has 3 rings (SSSR count). The van der Waals surface area contributed by atoms with Crippen LogP contribution in [0, 0.1) is 0 Å². The third-order valence-electron chi connectivity index (χ3n) is 3.04. The molecule has 1 aliphatic heterocycles. The van der Waals surface area contributed by atoms with Crippen LogP contribution in [0.3, 0.4) is 0 Å². The lowest BCUT2D eigenvalue weighted by molar-refractivity contribution is -0.115. The van der Waals surface area contributed by atoms with Gasteiger partial charge in [-0.1, -0.05) is 23.2 Å². The summed E-state index contributed by atoms with van der Waals surface area (Å²) in [4.78, 5) is 17.0. The van der Waals surface area contributed by atoms with Crippen LogP contribution < -0.4 is 5.32 Å². The van der Waals surface area contributed by atoms with Gasteiger partial charge in [-0.15, -0.1) is 0 Å². The first-order valence-corrected chi connectivity index (χ1v) is 7.96. The molecule has 1 saturated heterocycles. The van der Waals surface area contributed by atoms with Crippen LogP contribution in [0.25, 0.3) is 6.08 Å². The number of nitrogens with zero attached hydrogens (tertiary/aromatic N) is 2. The number of amidine groups is 1. The Hall–Kier alpha value is -1.69. The van der Waals surface area contributed by atoms with E-state index in [1.807, 2.05) is 36.0 Å². The number of carbonyl (C=O) groups excluding carboxylic acids is 1. The Bertz CT molecular complexity index is 811. The van der Waals surface area contributed by atoms with Gasteiger partial charge in [0, 0.05) is 24.0 Å². The average Bonchev–Trinajstić information content (AvgIpc) is 3.02. The molecular formula is C15H11Cl2N3OS. The minimum absolute atomic E-state index is 0.178. The van der Waals surface area contributed by atoms with Gasteiger partial charge < -0.3 is 9.88 Å². The topological polar surface area (TPSA) is 46.4 Å². The van der Waals surface area contributed by atoms with Crippen LogP contribution in [0.1, 0.15) is 5.69 Å². The molecule has 1 aromatic heterocycles. The van der Waals surface area contributed by atoms with Crippen LogP contribution in [0.4, 0.5) is 5.69 Å². The van der Waals surface area contributed by atoms with E-state index < -0.39 is 0 Å². The number of carbonyl (C=O) groups is 1. The Balaban J connectivity index is 1.88. The van der Waals surface area contributed by atoms with E-state index in [-0.39, 0.29) is 5.91 Å². The normalized spacial score (nSPS) is 18.2. The predicted octanol–water partition coefficient (Wildman–Crippen LogP) is 4.22. The molecule has 0 radical (unpaired) electrons. The lowest BCUT2D eigenvalue weighted by Gasteiger charge is -2.00. The Kier molecular flexibility index (Phi) is 4.29. The Morgan fingerprint density at radius 1 is 1.32 bits per heavy atom. The maximum atomic E-state index is 12.0. The molecule has 0 bridgehead atoms. The van der Waals surface area contributed by atoms with E-state index >= 15 is 0 Å². The van der Waals surface area contributed by atoms with E-state index in [1.165, 1.54) is 11.8 Å². The van der Waals surface area contributed by atoms with Crippen molar-refractivity contribution in [1.82, 2.24) is 9.88 Å². The Morgan fingerprint density at radius 3 is 2.86 bits per heavy atom. The summed E-state index contributed by atoms with van der Waals surface area (Å²) in [6.07, 6.45) is 3.74. The van der Waals surface area contributed by atoms with Crippen LogP contribution >= 0.6 is 35.0 Å². The first-order chi connectivity index (χ1) is 10.5. The third-order valence-corrected chi connectivity index (χ3v) is 4.51. The van der Waals surface area contributed by atoms with Crippen molar-refractivity contribution in [3.63, 3.8) is 0 Å². The van der Waals surface area contributed by atoms with Gasteiger partial charge in [0.1, 0.15) is 0 Å². The Morgan fingerprint density at radius 2 is 2.14 bits per heavy atom. The van der Waals surface area contributed by atoms with Gasteiger partial charge in [-0.2, -0.15) is 0 Å². The summed E-state index contributed by atoms with van der Waals surface area (Å²) < 4.78 is 1.93. The smallest absolute Gasteiger partial charge is 0.264 e. The molecule has 1 aromatic carbocycles. The molecule has 0 unspecified atom stereocenters. The first kappa shape index (κ1) is 15.2. The third kappa shape index (κ3) is 3.21. The van der Waals surface area contributed by atoms with E-state index in [1.54, 1.807) is 18.2 Å². The molecule has 7 heteroatoms.